The Morgan fingerprint density at radius 2 is 1.95 bits per heavy atom. The standard InChI is InChI=1S/C16H21N3S/c17-14-7-10-20-16(14)11-18-15-6-2-1-5-13(15)12-19-8-3-4-9-19/h1-2,5-7,10,18H,3-4,8-9,11-12,17H2. The Morgan fingerprint density at radius 3 is 2.70 bits per heavy atom. The molecular formula is C16H21N3S. The lowest BCUT2D eigenvalue weighted by atomic mass is 10.1. The van der Waals surface area contributed by atoms with E-state index in [0.29, 0.717) is 0 Å². The first-order valence-corrected chi connectivity index (χ1v) is 8.07. The Bertz CT molecular complexity index is 558. The number of nitrogen functional groups attached to an aromatic ring is 1. The Hall–Kier alpha value is -1.52. The lowest BCUT2D eigenvalue weighted by Crippen LogP contribution is -2.19. The SMILES string of the molecule is Nc1ccsc1CNc1ccccc1CN1CCCC1. The van der Waals surface area contributed by atoms with Crippen LogP contribution in [-0.2, 0) is 13.1 Å². The van der Waals surface area contributed by atoms with Crippen LogP contribution < -0.4 is 11.1 Å². The Morgan fingerprint density at radius 1 is 1.15 bits per heavy atom. The summed E-state index contributed by atoms with van der Waals surface area (Å²) in [6, 6.07) is 10.6. The van der Waals surface area contributed by atoms with Crippen molar-refractivity contribution in [1.29, 1.82) is 0 Å². The zero-order chi connectivity index (χ0) is 13.8. The van der Waals surface area contributed by atoms with Gasteiger partial charge in [0.25, 0.3) is 0 Å². The van der Waals surface area contributed by atoms with Gasteiger partial charge in [-0.3, -0.25) is 4.90 Å². The first-order chi connectivity index (χ1) is 9.83. The van der Waals surface area contributed by atoms with Gasteiger partial charge in [-0.1, -0.05) is 18.2 Å². The summed E-state index contributed by atoms with van der Waals surface area (Å²) in [5.41, 5.74) is 9.43. The number of hydrogen-bond acceptors (Lipinski definition) is 4. The van der Waals surface area contributed by atoms with Gasteiger partial charge in [0.05, 0.1) is 6.54 Å². The number of thiophene rings is 1. The highest BCUT2D eigenvalue weighted by molar-refractivity contribution is 7.10. The van der Waals surface area contributed by atoms with E-state index in [2.05, 4.69) is 34.5 Å². The van der Waals surface area contributed by atoms with Crippen LogP contribution in [0.4, 0.5) is 11.4 Å². The predicted molar refractivity (Wildman–Crippen MR) is 87.0 cm³/mol. The lowest BCUT2D eigenvalue weighted by Gasteiger charge is -2.18. The molecule has 2 aromatic rings. The van der Waals surface area contributed by atoms with E-state index in [-0.39, 0.29) is 0 Å². The minimum absolute atomic E-state index is 0.806. The number of anilines is 2. The van der Waals surface area contributed by atoms with Crippen LogP contribution in [0.3, 0.4) is 0 Å². The molecule has 1 saturated heterocycles. The van der Waals surface area contributed by atoms with Crippen LogP contribution in [-0.4, -0.2) is 18.0 Å². The van der Waals surface area contributed by atoms with E-state index < -0.39 is 0 Å². The number of nitrogens with two attached hydrogens (primary N) is 1. The average molecular weight is 287 g/mol. The van der Waals surface area contributed by atoms with Crippen LogP contribution in [0.1, 0.15) is 23.3 Å². The van der Waals surface area contributed by atoms with E-state index in [1.807, 2.05) is 11.4 Å². The molecule has 0 saturated carbocycles. The Kier molecular flexibility index (Phi) is 4.23. The van der Waals surface area contributed by atoms with Crippen molar-refractivity contribution in [2.45, 2.75) is 25.9 Å². The molecule has 0 bridgehead atoms. The molecule has 0 amide bonds. The summed E-state index contributed by atoms with van der Waals surface area (Å²) in [4.78, 5) is 3.74. The van der Waals surface area contributed by atoms with Gasteiger partial charge in [0.15, 0.2) is 0 Å². The molecule has 0 spiro atoms. The molecule has 1 fully saturated rings. The smallest absolute Gasteiger partial charge is 0.0514 e. The molecule has 0 unspecified atom stereocenters. The summed E-state index contributed by atoms with van der Waals surface area (Å²) in [6.07, 6.45) is 2.67. The van der Waals surface area contributed by atoms with E-state index in [1.165, 1.54) is 42.1 Å². The summed E-state index contributed by atoms with van der Waals surface area (Å²) < 4.78 is 0. The van der Waals surface area contributed by atoms with Crippen molar-refractivity contribution in [1.82, 2.24) is 4.90 Å². The molecule has 1 aliphatic rings. The molecule has 2 heterocycles. The number of hydrogen-bond donors (Lipinski definition) is 2. The molecule has 3 rings (SSSR count). The van der Waals surface area contributed by atoms with Crippen molar-refractivity contribution >= 4 is 22.7 Å². The monoisotopic (exact) mass is 287 g/mol. The van der Waals surface area contributed by atoms with Crippen LogP contribution in [0.2, 0.25) is 0 Å². The fourth-order valence-electron chi connectivity index (χ4n) is 2.68. The second-order valence-electron chi connectivity index (χ2n) is 5.29. The van der Waals surface area contributed by atoms with Gasteiger partial charge in [0.2, 0.25) is 0 Å². The minimum atomic E-state index is 0.806. The molecule has 20 heavy (non-hydrogen) atoms. The Labute approximate surface area is 124 Å². The van der Waals surface area contributed by atoms with Crippen molar-refractivity contribution in [3.63, 3.8) is 0 Å². The summed E-state index contributed by atoms with van der Waals surface area (Å²) >= 11 is 1.71. The fraction of sp³-hybridized carbons (Fsp3) is 0.375. The van der Waals surface area contributed by atoms with Crippen LogP contribution in [0.15, 0.2) is 35.7 Å². The summed E-state index contributed by atoms with van der Waals surface area (Å²) in [5.74, 6) is 0. The van der Waals surface area contributed by atoms with Gasteiger partial charge < -0.3 is 11.1 Å². The highest BCUT2D eigenvalue weighted by atomic mass is 32.1. The molecule has 3 N–H and O–H groups in total. The average Bonchev–Trinajstić information content (AvgIpc) is 3.10. The highest BCUT2D eigenvalue weighted by Gasteiger charge is 2.13. The van der Waals surface area contributed by atoms with Crippen LogP contribution in [0.25, 0.3) is 0 Å². The van der Waals surface area contributed by atoms with Gasteiger partial charge in [0.1, 0.15) is 0 Å². The largest absolute Gasteiger partial charge is 0.398 e. The third-order valence-corrected chi connectivity index (χ3v) is 4.77. The van der Waals surface area contributed by atoms with Crippen molar-refractivity contribution in [2.75, 3.05) is 24.1 Å². The number of benzene rings is 1. The van der Waals surface area contributed by atoms with Crippen molar-refractivity contribution in [3.05, 3.63) is 46.2 Å². The van der Waals surface area contributed by atoms with Crippen molar-refractivity contribution < 1.29 is 0 Å². The molecule has 106 valence electrons. The first kappa shape index (κ1) is 13.5. The molecule has 1 aromatic heterocycles. The number of likely N-dealkylation sites (tertiary alicyclic amines) is 1. The predicted octanol–water partition coefficient (Wildman–Crippen LogP) is 3.54. The summed E-state index contributed by atoms with van der Waals surface area (Å²) in [5, 5.41) is 5.58. The van der Waals surface area contributed by atoms with Gasteiger partial charge in [-0.25, -0.2) is 0 Å². The highest BCUT2D eigenvalue weighted by Crippen LogP contribution is 2.23. The van der Waals surface area contributed by atoms with Crippen LogP contribution in [0, 0.1) is 0 Å². The molecule has 0 aliphatic carbocycles. The molecule has 1 aliphatic heterocycles. The van der Waals surface area contributed by atoms with Gasteiger partial charge in [-0.2, -0.15) is 0 Å². The van der Waals surface area contributed by atoms with Gasteiger partial charge in [0, 0.05) is 22.8 Å². The fourth-order valence-corrected chi connectivity index (χ4v) is 3.42. The quantitative estimate of drug-likeness (QED) is 0.884. The van der Waals surface area contributed by atoms with E-state index in [1.54, 1.807) is 11.3 Å². The van der Waals surface area contributed by atoms with E-state index in [4.69, 9.17) is 5.73 Å². The normalized spacial score (nSPS) is 15.6. The summed E-state index contributed by atoms with van der Waals surface area (Å²) in [7, 11) is 0. The maximum atomic E-state index is 5.94. The molecule has 0 atom stereocenters. The zero-order valence-electron chi connectivity index (χ0n) is 11.6. The topological polar surface area (TPSA) is 41.3 Å². The maximum absolute atomic E-state index is 5.94. The minimum Gasteiger partial charge on any atom is -0.398 e. The molecule has 4 heteroatoms. The van der Waals surface area contributed by atoms with E-state index in [9.17, 15) is 0 Å². The van der Waals surface area contributed by atoms with E-state index in [0.717, 1.165) is 18.8 Å². The second kappa shape index (κ2) is 6.29. The van der Waals surface area contributed by atoms with Gasteiger partial charge in [-0.15, -0.1) is 11.3 Å². The number of nitrogens with one attached hydrogen (secondary N) is 1. The number of para-hydroxylation sites is 1. The van der Waals surface area contributed by atoms with Gasteiger partial charge >= 0.3 is 0 Å². The molecule has 0 radical (unpaired) electrons. The van der Waals surface area contributed by atoms with Crippen molar-refractivity contribution in [2.24, 2.45) is 0 Å². The number of rotatable bonds is 5. The van der Waals surface area contributed by atoms with E-state index >= 15 is 0 Å². The maximum Gasteiger partial charge on any atom is 0.0514 e. The van der Waals surface area contributed by atoms with Crippen LogP contribution in [0.5, 0.6) is 0 Å². The van der Waals surface area contributed by atoms with Crippen LogP contribution >= 0.6 is 11.3 Å². The van der Waals surface area contributed by atoms with Gasteiger partial charge in [-0.05, 0) is 49.0 Å². The Balaban J connectivity index is 1.67. The summed E-state index contributed by atoms with van der Waals surface area (Å²) in [6.45, 7) is 4.31. The zero-order valence-corrected chi connectivity index (χ0v) is 12.5. The molecular weight excluding hydrogens is 266 g/mol. The third kappa shape index (κ3) is 3.14. The first-order valence-electron chi connectivity index (χ1n) is 7.19. The lowest BCUT2D eigenvalue weighted by molar-refractivity contribution is 0.332. The number of nitrogens with zero attached hydrogens (tertiary/aromatic N) is 1. The third-order valence-electron chi connectivity index (χ3n) is 3.83. The second-order valence-corrected chi connectivity index (χ2v) is 6.29. The van der Waals surface area contributed by atoms with Crippen molar-refractivity contribution in [3.8, 4) is 0 Å². The molecule has 1 aromatic carbocycles. The molecule has 3 nitrogen and oxygen atoms in total.